The fourth-order valence-electron chi connectivity index (χ4n) is 6.15. The molecule has 3 atom stereocenters. The van der Waals surface area contributed by atoms with Crippen LogP contribution in [0, 0.1) is 17.3 Å². The van der Waals surface area contributed by atoms with Gasteiger partial charge in [-0.15, -0.1) is 0 Å². The van der Waals surface area contributed by atoms with Gasteiger partial charge in [-0.2, -0.15) is 0 Å². The van der Waals surface area contributed by atoms with Crippen LogP contribution >= 0.6 is 0 Å². The highest BCUT2D eigenvalue weighted by molar-refractivity contribution is 5.31. The van der Waals surface area contributed by atoms with E-state index in [0.717, 1.165) is 11.8 Å². The molecule has 0 saturated heterocycles. The molecule has 5 rings (SSSR count). The van der Waals surface area contributed by atoms with Crippen molar-refractivity contribution in [3.63, 3.8) is 0 Å². The van der Waals surface area contributed by atoms with E-state index in [9.17, 15) is 0 Å². The highest BCUT2D eigenvalue weighted by Crippen LogP contribution is 2.66. The third-order valence-electron chi connectivity index (χ3n) is 6.53. The maximum absolute atomic E-state index is 6.48. The minimum absolute atomic E-state index is 0.191. The van der Waals surface area contributed by atoms with Gasteiger partial charge in [0, 0.05) is 12.6 Å². The Labute approximate surface area is 121 Å². The van der Waals surface area contributed by atoms with Crippen LogP contribution in [-0.4, -0.2) is 12.6 Å². The van der Waals surface area contributed by atoms with Crippen molar-refractivity contribution in [3.8, 4) is 0 Å². The molecule has 1 aromatic rings. The van der Waals surface area contributed by atoms with Crippen molar-refractivity contribution in [2.24, 2.45) is 28.7 Å². The molecule has 4 bridgehead atoms. The molecule has 108 valence electrons. The first-order chi connectivity index (χ1) is 9.66. The molecular formula is C18H26N2. The second-order valence-corrected chi connectivity index (χ2v) is 7.81. The topological polar surface area (TPSA) is 52.0 Å². The number of rotatable bonds is 3. The lowest BCUT2D eigenvalue weighted by molar-refractivity contribution is -0.0834. The van der Waals surface area contributed by atoms with Crippen molar-refractivity contribution in [2.75, 3.05) is 6.54 Å². The Morgan fingerprint density at radius 1 is 1.05 bits per heavy atom. The Bertz CT molecular complexity index is 481. The minimum Gasteiger partial charge on any atom is -0.329 e. The van der Waals surface area contributed by atoms with Crippen LogP contribution in [-0.2, 0) is 5.41 Å². The van der Waals surface area contributed by atoms with Crippen molar-refractivity contribution in [1.29, 1.82) is 0 Å². The summed E-state index contributed by atoms with van der Waals surface area (Å²) in [6, 6.07) is 11.4. The van der Waals surface area contributed by atoms with Gasteiger partial charge in [-0.05, 0) is 66.8 Å². The summed E-state index contributed by atoms with van der Waals surface area (Å²) in [6.45, 7) is 0.643. The largest absolute Gasteiger partial charge is 0.329 e. The molecule has 2 heteroatoms. The van der Waals surface area contributed by atoms with E-state index in [4.69, 9.17) is 11.5 Å². The maximum Gasteiger partial charge on any atom is 0.0220 e. The Hall–Kier alpha value is -0.860. The zero-order chi connectivity index (χ0) is 13.8. The SMILES string of the molecule is NCC(N)C12CC3CC(CC(c4ccccc4)(C3)C1)C2. The average Bonchev–Trinajstić information content (AvgIpc) is 2.46. The molecule has 4 aliphatic carbocycles. The predicted octanol–water partition coefficient (Wildman–Crippen LogP) is 2.81. The van der Waals surface area contributed by atoms with Gasteiger partial charge in [0.05, 0.1) is 0 Å². The summed E-state index contributed by atoms with van der Waals surface area (Å²) in [6.07, 6.45) is 8.13. The third kappa shape index (κ3) is 1.71. The first-order valence-electron chi connectivity index (χ1n) is 8.17. The van der Waals surface area contributed by atoms with Gasteiger partial charge in [0.15, 0.2) is 0 Å². The van der Waals surface area contributed by atoms with E-state index >= 15 is 0 Å². The van der Waals surface area contributed by atoms with Gasteiger partial charge in [-0.3, -0.25) is 0 Å². The normalized spacial score (nSPS) is 43.7. The molecule has 0 aromatic heterocycles. The van der Waals surface area contributed by atoms with Crippen LogP contribution < -0.4 is 11.5 Å². The van der Waals surface area contributed by atoms with Crippen molar-refractivity contribution in [1.82, 2.24) is 0 Å². The van der Waals surface area contributed by atoms with Gasteiger partial charge >= 0.3 is 0 Å². The van der Waals surface area contributed by atoms with E-state index in [1.165, 1.54) is 38.5 Å². The summed E-state index contributed by atoms with van der Waals surface area (Å²) in [7, 11) is 0. The lowest BCUT2D eigenvalue weighted by Crippen LogP contribution is -2.61. The fraction of sp³-hybridized carbons (Fsp3) is 0.667. The van der Waals surface area contributed by atoms with Crippen LogP contribution in [0.15, 0.2) is 30.3 Å². The smallest absolute Gasteiger partial charge is 0.0220 e. The number of benzene rings is 1. The Kier molecular flexibility index (Phi) is 2.77. The molecule has 0 amide bonds. The molecule has 2 nitrogen and oxygen atoms in total. The van der Waals surface area contributed by atoms with E-state index in [2.05, 4.69) is 30.3 Å². The van der Waals surface area contributed by atoms with Crippen molar-refractivity contribution in [3.05, 3.63) is 35.9 Å². The highest BCUT2D eigenvalue weighted by Gasteiger charge is 2.59. The highest BCUT2D eigenvalue weighted by atomic mass is 14.8. The lowest BCUT2D eigenvalue weighted by Gasteiger charge is -2.64. The van der Waals surface area contributed by atoms with Gasteiger partial charge in [-0.1, -0.05) is 30.3 Å². The summed E-state index contributed by atoms with van der Waals surface area (Å²) in [5.74, 6) is 1.77. The monoisotopic (exact) mass is 270 g/mol. The van der Waals surface area contributed by atoms with E-state index in [-0.39, 0.29) is 6.04 Å². The number of hydrogen-bond acceptors (Lipinski definition) is 2. The average molecular weight is 270 g/mol. The molecule has 3 unspecified atom stereocenters. The molecule has 0 heterocycles. The Balaban J connectivity index is 1.76. The van der Waals surface area contributed by atoms with Gasteiger partial charge in [0.1, 0.15) is 0 Å². The van der Waals surface area contributed by atoms with Gasteiger partial charge in [0.25, 0.3) is 0 Å². The van der Waals surface area contributed by atoms with E-state index in [1.807, 2.05) is 0 Å². The number of hydrogen-bond donors (Lipinski definition) is 2. The molecule has 0 aliphatic heterocycles. The van der Waals surface area contributed by atoms with Crippen LogP contribution in [0.1, 0.15) is 44.1 Å². The zero-order valence-electron chi connectivity index (χ0n) is 12.2. The van der Waals surface area contributed by atoms with Gasteiger partial charge < -0.3 is 11.5 Å². The molecule has 4 aliphatic rings. The van der Waals surface area contributed by atoms with Gasteiger partial charge in [-0.25, -0.2) is 0 Å². The Morgan fingerprint density at radius 3 is 2.30 bits per heavy atom. The second kappa shape index (κ2) is 4.32. The standard InChI is InChI=1S/C18H26N2/c19-11-16(20)18-9-13-6-14(10-18)8-17(7-13,12-18)15-4-2-1-3-5-15/h1-5,13-14,16H,6-12,19-20H2. The Morgan fingerprint density at radius 2 is 1.70 bits per heavy atom. The zero-order valence-corrected chi connectivity index (χ0v) is 12.2. The molecule has 1 aromatic carbocycles. The number of nitrogens with two attached hydrogens (primary N) is 2. The lowest BCUT2D eigenvalue weighted by atomic mass is 9.41. The molecule has 0 spiro atoms. The summed E-state index contributed by atoms with van der Waals surface area (Å²) in [5.41, 5.74) is 14.7. The van der Waals surface area contributed by atoms with Crippen LogP contribution in [0.25, 0.3) is 0 Å². The molecule has 4 N–H and O–H groups in total. The van der Waals surface area contributed by atoms with Crippen LogP contribution in [0.3, 0.4) is 0 Å². The second-order valence-electron chi connectivity index (χ2n) is 7.81. The van der Waals surface area contributed by atoms with Crippen LogP contribution in [0.2, 0.25) is 0 Å². The summed E-state index contributed by atoms with van der Waals surface area (Å²) >= 11 is 0. The van der Waals surface area contributed by atoms with Crippen LogP contribution in [0.5, 0.6) is 0 Å². The minimum atomic E-state index is 0.191. The summed E-state index contributed by atoms with van der Waals surface area (Å²) in [5, 5.41) is 0. The van der Waals surface area contributed by atoms with Crippen molar-refractivity contribution >= 4 is 0 Å². The quantitative estimate of drug-likeness (QED) is 0.887. The molecule has 20 heavy (non-hydrogen) atoms. The molecular weight excluding hydrogens is 244 g/mol. The maximum atomic E-state index is 6.48. The third-order valence-corrected chi connectivity index (χ3v) is 6.53. The molecule has 0 radical (unpaired) electrons. The predicted molar refractivity (Wildman–Crippen MR) is 82.3 cm³/mol. The van der Waals surface area contributed by atoms with Crippen molar-refractivity contribution < 1.29 is 0 Å². The summed E-state index contributed by atoms with van der Waals surface area (Å²) < 4.78 is 0. The molecule has 4 saturated carbocycles. The van der Waals surface area contributed by atoms with Crippen LogP contribution in [0.4, 0.5) is 0 Å². The van der Waals surface area contributed by atoms with E-state index in [1.54, 1.807) is 5.56 Å². The van der Waals surface area contributed by atoms with Crippen molar-refractivity contribution in [2.45, 2.75) is 50.0 Å². The summed E-state index contributed by atoms with van der Waals surface area (Å²) in [4.78, 5) is 0. The fourth-order valence-corrected chi connectivity index (χ4v) is 6.15. The first-order valence-corrected chi connectivity index (χ1v) is 8.17. The first kappa shape index (κ1) is 12.8. The molecule has 4 fully saturated rings. The van der Waals surface area contributed by atoms with E-state index in [0.29, 0.717) is 17.4 Å². The van der Waals surface area contributed by atoms with Gasteiger partial charge in [0.2, 0.25) is 0 Å². The van der Waals surface area contributed by atoms with E-state index < -0.39 is 0 Å².